The Balaban J connectivity index is 1.68. The number of nitrogens with two attached hydrogens (primary N) is 1. The molecular formula is C17H23N3O2S. The summed E-state index contributed by atoms with van der Waals surface area (Å²) < 4.78 is 0. The maximum Gasteiger partial charge on any atom is 0.255 e. The molecule has 1 aliphatic heterocycles. The number of amides is 2. The lowest BCUT2D eigenvalue weighted by atomic mass is 10.2. The number of hydrogen-bond acceptors (Lipinski definition) is 4. The Kier molecular flexibility index (Phi) is 5.23. The lowest BCUT2D eigenvalue weighted by molar-refractivity contribution is -0.115. The average molecular weight is 333 g/mol. The number of primary amides is 1. The van der Waals surface area contributed by atoms with Gasteiger partial charge in [0, 0.05) is 37.1 Å². The average Bonchev–Trinajstić information content (AvgIpc) is 3.38. The van der Waals surface area contributed by atoms with Crippen molar-refractivity contribution in [3.63, 3.8) is 0 Å². The third-order valence-corrected chi connectivity index (χ3v) is 5.46. The zero-order chi connectivity index (χ0) is 16.2. The molecule has 1 saturated carbocycles. The zero-order valence-electron chi connectivity index (χ0n) is 13.2. The first-order valence-electron chi connectivity index (χ1n) is 8.18. The standard InChI is InChI=1S/C17H23N3O2S/c18-16(21)12-23-15-5-2-1-4-14(15)17(22)20-9-3-8-19(10-11-20)13-6-7-13/h1-2,4-5,13H,3,6-12H2,(H2,18,21). The van der Waals surface area contributed by atoms with Crippen molar-refractivity contribution >= 4 is 23.6 Å². The molecule has 2 N–H and O–H groups in total. The van der Waals surface area contributed by atoms with Gasteiger partial charge in [-0.15, -0.1) is 11.8 Å². The van der Waals surface area contributed by atoms with Gasteiger partial charge in [0.2, 0.25) is 5.91 Å². The fourth-order valence-corrected chi connectivity index (χ4v) is 3.82. The Morgan fingerprint density at radius 1 is 1.13 bits per heavy atom. The van der Waals surface area contributed by atoms with Gasteiger partial charge in [-0.3, -0.25) is 14.5 Å². The molecule has 5 nitrogen and oxygen atoms in total. The Morgan fingerprint density at radius 2 is 1.91 bits per heavy atom. The second-order valence-electron chi connectivity index (χ2n) is 6.16. The van der Waals surface area contributed by atoms with Crippen LogP contribution in [0.1, 0.15) is 29.6 Å². The molecule has 1 aromatic rings. The number of carbonyl (C=O) groups excluding carboxylic acids is 2. The largest absolute Gasteiger partial charge is 0.369 e. The van der Waals surface area contributed by atoms with Crippen molar-refractivity contribution in [2.75, 3.05) is 31.9 Å². The highest BCUT2D eigenvalue weighted by Gasteiger charge is 2.31. The van der Waals surface area contributed by atoms with Crippen LogP contribution in [0.4, 0.5) is 0 Å². The number of hydrogen-bond donors (Lipinski definition) is 1. The highest BCUT2D eigenvalue weighted by molar-refractivity contribution is 8.00. The second kappa shape index (κ2) is 7.36. The quantitative estimate of drug-likeness (QED) is 0.831. The predicted molar refractivity (Wildman–Crippen MR) is 91.5 cm³/mol. The van der Waals surface area contributed by atoms with Crippen LogP contribution in [-0.2, 0) is 4.79 Å². The first-order valence-corrected chi connectivity index (χ1v) is 9.17. The van der Waals surface area contributed by atoms with Crippen LogP contribution in [0.3, 0.4) is 0 Å². The van der Waals surface area contributed by atoms with Crippen LogP contribution in [0.2, 0.25) is 0 Å². The normalized spacial score (nSPS) is 19.4. The van der Waals surface area contributed by atoms with Crippen LogP contribution in [0.25, 0.3) is 0 Å². The van der Waals surface area contributed by atoms with Gasteiger partial charge < -0.3 is 10.6 Å². The Morgan fingerprint density at radius 3 is 2.65 bits per heavy atom. The Hall–Kier alpha value is -1.53. The summed E-state index contributed by atoms with van der Waals surface area (Å²) >= 11 is 1.34. The summed E-state index contributed by atoms with van der Waals surface area (Å²) in [4.78, 5) is 29.2. The summed E-state index contributed by atoms with van der Waals surface area (Å²) in [5.41, 5.74) is 5.90. The van der Waals surface area contributed by atoms with Crippen molar-refractivity contribution in [1.29, 1.82) is 0 Å². The minimum Gasteiger partial charge on any atom is -0.369 e. The van der Waals surface area contributed by atoms with Crippen molar-refractivity contribution in [3.8, 4) is 0 Å². The molecule has 0 spiro atoms. The molecule has 0 unspecified atom stereocenters. The monoisotopic (exact) mass is 333 g/mol. The van der Waals surface area contributed by atoms with E-state index in [4.69, 9.17) is 5.73 Å². The number of thioether (sulfide) groups is 1. The van der Waals surface area contributed by atoms with Gasteiger partial charge in [-0.25, -0.2) is 0 Å². The molecule has 3 rings (SSSR count). The molecule has 2 fully saturated rings. The van der Waals surface area contributed by atoms with Gasteiger partial charge >= 0.3 is 0 Å². The van der Waals surface area contributed by atoms with E-state index in [0.29, 0.717) is 5.56 Å². The number of carbonyl (C=O) groups is 2. The minimum atomic E-state index is -0.368. The summed E-state index contributed by atoms with van der Waals surface area (Å²) in [6.07, 6.45) is 3.64. The molecule has 1 aliphatic carbocycles. The molecule has 124 valence electrons. The first kappa shape index (κ1) is 16.3. The number of nitrogens with zero attached hydrogens (tertiary/aromatic N) is 2. The van der Waals surface area contributed by atoms with Crippen LogP contribution in [0.5, 0.6) is 0 Å². The van der Waals surface area contributed by atoms with Crippen molar-refractivity contribution < 1.29 is 9.59 Å². The summed E-state index contributed by atoms with van der Waals surface area (Å²) in [5, 5.41) is 0. The maximum absolute atomic E-state index is 12.9. The third kappa shape index (κ3) is 4.26. The molecule has 2 aliphatic rings. The second-order valence-corrected chi connectivity index (χ2v) is 7.18. The lowest BCUT2D eigenvalue weighted by Crippen LogP contribution is -2.36. The Bertz CT molecular complexity index is 589. The Labute approximate surface area is 141 Å². The van der Waals surface area contributed by atoms with Crippen molar-refractivity contribution in [2.45, 2.75) is 30.2 Å². The highest BCUT2D eigenvalue weighted by Crippen LogP contribution is 2.28. The number of rotatable bonds is 5. The van der Waals surface area contributed by atoms with E-state index in [-0.39, 0.29) is 17.6 Å². The summed E-state index contributed by atoms with van der Waals surface area (Å²) in [6, 6.07) is 8.24. The summed E-state index contributed by atoms with van der Waals surface area (Å²) in [5.74, 6) is -0.109. The van der Waals surface area contributed by atoms with Crippen LogP contribution >= 0.6 is 11.8 Å². The molecule has 0 atom stereocenters. The van der Waals surface area contributed by atoms with Gasteiger partial charge in [0.25, 0.3) is 5.91 Å². The van der Waals surface area contributed by atoms with Crippen LogP contribution < -0.4 is 5.73 Å². The maximum atomic E-state index is 12.9. The minimum absolute atomic E-state index is 0.0650. The van der Waals surface area contributed by atoms with Crippen molar-refractivity contribution in [1.82, 2.24) is 9.80 Å². The summed E-state index contributed by atoms with van der Waals surface area (Å²) in [6.45, 7) is 3.64. The van der Waals surface area contributed by atoms with Gasteiger partial charge in [-0.1, -0.05) is 12.1 Å². The van der Waals surface area contributed by atoms with Crippen LogP contribution in [0, 0.1) is 0 Å². The molecular weight excluding hydrogens is 310 g/mol. The van der Waals surface area contributed by atoms with E-state index in [1.54, 1.807) is 0 Å². The molecule has 23 heavy (non-hydrogen) atoms. The number of benzene rings is 1. The fourth-order valence-electron chi connectivity index (χ4n) is 3.03. The van der Waals surface area contributed by atoms with E-state index >= 15 is 0 Å². The lowest BCUT2D eigenvalue weighted by Gasteiger charge is -2.22. The zero-order valence-corrected chi connectivity index (χ0v) is 14.1. The van der Waals surface area contributed by atoms with Gasteiger partial charge in [-0.2, -0.15) is 0 Å². The molecule has 1 aromatic carbocycles. The smallest absolute Gasteiger partial charge is 0.255 e. The SMILES string of the molecule is NC(=O)CSc1ccccc1C(=O)N1CCCN(C2CC2)CC1. The topological polar surface area (TPSA) is 66.6 Å². The fraction of sp³-hybridized carbons (Fsp3) is 0.529. The van der Waals surface area contributed by atoms with E-state index in [1.807, 2.05) is 29.2 Å². The van der Waals surface area contributed by atoms with Gasteiger partial charge in [0.1, 0.15) is 0 Å². The molecule has 6 heteroatoms. The third-order valence-electron chi connectivity index (χ3n) is 4.37. The molecule has 0 bridgehead atoms. The van der Waals surface area contributed by atoms with Crippen LogP contribution in [-0.4, -0.2) is 59.6 Å². The van der Waals surface area contributed by atoms with Crippen LogP contribution in [0.15, 0.2) is 29.2 Å². The van der Waals surface area contributed by atoms with E-state index in [2.05, 4.69) is 4.90 Å². The van der Waals surface area contributed by atoms with E-state index in [0.717, 1.165) is 43.5 Å². The van der Waals surface area contributed by atoms with E-state index < -0.39 is 0 Å². The van der Waals surface area contributed by atoms with E-state index in [9.17, 15) is 9.59 Å². The van der Waals surface area contributed by atoms with E-state index in [1.165, 1.54) is 24.6 Å². The van der Waals surface area contributed by atoms with Gasteiger partial charge in [-0.05, 0) is 31.4 Å². The highest BCUT2D eigenvalue weighted by atomic mass is 32.2. The molecule has 0 radical (unpaired) electrons. The molecule has 1 heterocycles. The molecule has 1 saturated heterocycles. The predicted octanol–water partition coefficient (Wildman–Crippen LogP) is 1.57. The van der Waals surface area contributed by atoms with Crippen molar-refractivity contribution in [3.05, 3.63) is 29.8 Å². The van der Waals surface area contributed by atoms with Gasteiger partial charge in [0.15, 0.2) is 0 Å². The first-order chi connectivity index (χ1) is 11.1. The molecule has 2 amide bonds. The van der Waals surface area contributed by atoms with Gasteiger partial charge in [0.05, 0.1) is 11.3 Å². The summed E-state index contributed by atoms with van der Waals surface area (Å²) in [7, 11) is 0. The molecule has 0 aromatic heterocycles. The van der Waals surface area contributed by atoms with Crippen molar-refractivity contribution in [2.24, 2.45) is 5.73 Å².